The number of hydrogen-bond acceptors (Lipinski definition) is 8. The lowest BCUT2D eigenvalue weighted by atomic mass is 10.0. The van der Waals surface area contributed by atoms with Gasteiger partial charge in [-0.1, -0.05) is 19.9 Å². The van der Waals surface area contributed by atoms with Gasteiger partial charge in [-0.05, 0) is 24.1 Å². The highest BCUT2D eigenvalue weighted by molar-refractivity contribution is 7.92. The van der Waals surface area contributed by atoms with Crippen LogP contribution in [0.1, 0.15) is 13.8 Å². The molecule has 154 valence electrons. The number of fused-ring (bicyclic) bond motifs is 1. The highest BCUT2D eigenvalue weighted by Gasteiger charge is 2.22. The van der Waals surface area contributed by atoms with E-state index in [9.17, 15) is 13.2 Å². The van der Waals surface area contributed by atoms with Gasteiger partial charge < -0.3 is 21.4 Å². The molecule has 2 aromatic heterocycles. The molecule has 0 aliphatic carbocycles. The van der Waals surface area contributed by atoms with Gasteiger partial charge in [-0.15, -0.1) is 0 Å². The number of imidazole rings is 1. The number of hydrogen-bond donors (Lipinski definition) is 5. The van der Waals surface area contributed by atoms with Crippen molar-refractivity contribution in [3.8, 4) is 0 Å². The number of amides is 1. The van der Waals surface area contributed by atoms with Gasteiger partial charge >= 0.3 is 0 Å². The molecule has 1 amide bonds. The summed E-state index contributed by atoms with van der Waals surface area (Å²) < 4.78 is 25.3. The summed E-state index contributed by atoms with van der Waals surface area (Å²) in [6, 6.07) is 6.01. The first kappa shape index (κ1) is 20.3. The topological polar surface area (TPSA) is 168 Å². The van der Waals surface area contributed by atoms with Crippen molar-refractivity contribution >= 4 is 50.2 Å². The summed E-state index contributed by atoms with van der Waals surface area (Å²) in [7, 11) is -3.40. The Morgan fingerprint density at radius 2 is 1.93 bits per heavy atom. The highest BCUT2D eigenvalue weighted by Crippen LogP contribution is 2.24. The van der Waals surface area contributed by atoms with Gasteiger partial charge in [0.1, 0.15) is 11.6 Å². The van der Waals surface area contributed by atoms with Crippen molar-refractivity contribution in [1.29, 1.82) is 0 Å². The number of aromatic amines is 1. The molecule has 1 atom stereocenters. The minimum atomic E-state index is -3.40. The molecule has 0 aliphatic rings. The van der Waals surface area contributed by atoms with Crippen molar-refractivity contribution in [1.82, 2.24) is 19.9 Å². The molecular weight excluding hydrogens is 396 g/mol. The van der Waals surface area contributed by atoms with Crippen molar-refractivity contribution in [2.75, 3.05) is 21.6 Å². The highest BCUT2D eigenvalue weighted by atomic mass is 32.2. The quantitative estimate of drug-likeness (QED) is 0.366. The van der Waals surface area contributed by atoms with Crippen LogP contribution in [-0.4, -0.2) is 46.6 Å². The van der Waals surface area contributed by atoms with Crippen LogP contribution in [0.5, 0.6) is 0 Å². The predicted octanol–water partition coefficient (Wildman–Crippen LogP) is 1.39. The number of aromatic nitrogens is 4. The molecule has 0 aliphatic heterocycles. The van der Waals surface area contributed by atoms with Crippen molar-refractivity contribution in [2.24, 2.45) is 11.7 Å². The first-order chi connectivity index (χ1) is 13.6. The lowest BCUT2D eigenvalue weighted by Gasteiger charge is -2.20. The van der Waals surface area contributed by atoms with E-state index in [1.807, 2.05) is 13.8 Å². The molecule has 3 rings (SSSR count). The SMILES string of the molecule is CC(C)[C@H](Nc1nc(Nc2cccc(NS(C)(=O)=O)c2)nc2[nH]cnc12)C(N)=O. The van der Waals surface area contributed by atoms with E-state index in [1.165, 1.54) is 6.33 Å². The number of carbonyl (C=O) groups is 1. The Bertz CT molecular complexity index is 1140. The van der Waals surface area contributed by atoms with Crippen molar-refractivity contribution in [2.45, 2.75) is 19.9 Å². The van der Waals surface area contributed by atoms with E-state index in [-0.39, 0.29) is 11.9 Å². The summed E-state index contributed by atoms with van der Waals surface area (Å²) in [5, 5.41) is 6.06. The summed E-state index contributed by atoms with van der Waals surface area (Å²) >= 11 is 0. The molecule has 0 spiro atoms. The summed E-state index contributed by atoms with van der Waals surface area (Å²) in [5.74, 6) is 0.0115. The Morgan fingerprint density at radius 1 is 1.21 bits per heavy atom. The summed E-state index contributed by atoms with van der Waals surface area (Å²) in [6.45, 7) is 3.73. The molecule has 12 heteroatoms. The van der Waals surface area contributed by atoms with Gasteiger partial charge in [0, 0.05) is 5.69 Å². The number of sulfonamides is 1. The zero-order valence-corrected chi connectivity index (χ0v) is 16.9. The Labute approximate surface area is 167 Å². The summed E-state index contributed by atoms with van der Waals surface area (Å²) in [6.07, 6.45) is 2.55. The van der Waals surface area contributed by atoms with Gasteiger partial charge in [0.25, 0.3) is 0 Å². The molecule has 3 aromatic rings. The number of rotatable bonds is 8. The monoisotopic (exact) mass is 418 g/mol. The number of nitrogens with two attached hydrogens (primary N) is 1. The first-order valence-electron chi connectivity index (χ1n) is 8.74. The average molecular weight is 418 g/mol. The fraction of sp³-hybridized carbons (Fsp3) is 0.294. The summed E-state index contributed by atoms with van der Waals surface area (Å²) in [4.78, 5) is 27.6. The Hall–Kier alpha value is -3.41. The Kier molecular flexibility index (Phi) is 5.55. The van der Waals surface area contributed by atoms with Crippen molar-refractivity contribution < 1.29 is 13.2 Å². The maximum absolute atomic E-state index is 11.8. The molecular formula is C17H22N8O3S. The molecule has 0 saturated heterocycles. The zero-order valence-electron chi connectivity index (χ0n) is 16.1. The Balaban J connectivity index is 1.93. The van der Waals surface area contributed by atoms with E-state index in [2.05, 4.69) is 35.3 Å². The van der Waals surface area contributed by atoms with E-state index in [1.54, 1.807) is 24.3 Å². The standard InChI is InChI=1S/C17H22N8O3S/c1-9(2)12(14(18)26)22-16-13-15(20-8-19-13)23-17(24-16)21-10-5-4-6-11(7-10)25-29(3,27)28/h4-9,12,25H,1-3H3,(H2,18,26)(H3,19,20,21,22,23,24)/t12-/m0/s1. The first-order valence-corrected chi connectivity index (χ1v) is 10.6. The molecule has 11 nitrogen and oxygen atoms in total. The normalized spacial score (nSPS) is 12.7. The average Bonchev–Trinajstić information content (AvgIpc) is 3.06. The minimum Gasteiger partial charge on any atom is -0.368 e. The van der Waals surface area contributed by atoms with Crippen LogP contribution in [0.3, 0.4) is 0 Å². The largest absolute Gasteiger partial charge is 0.368 e. The third kappa shape index (κ3) is 5.10. The number of anilines is 4. The van der Waals surface area contributed by atoms with Crippen LogP contribution in [0, 0.1) is 5.92 Å². The van der Waals surface area contributed by atoms with E-state index < -0.39 is 22.0 Å². The van der Waals surface area contributed by atoms with Crippen molar-refractivity contribution in [3.05, 3.63) is 30.6 Å². The van der Waals surface area contributed by atoms with Gasteiger partial charge in [-0.3, -0.25) is 9.52 Å². The van der Waals surface area contributed by atoms with Gasteiger partial charge in [-0.25, -0.2) is 13.4 Å². The fourth-order valence-electron chi connectivity index (χ4n) is 2.71. The third-order valence-electron chi connectivity index (χ3n) is 3.97. The van der Waals surface area contributed by atoms with Crippen LogP contribution in [0.25, 0.3) is 11.2 Å². The van der Waals surface area contributed by atoms with Gasteiger partial charge in [0.15, 0.2) is 11.5 Å². The second-order valence-corrected chi connectivity index (χ2v) is 8.59. The fourth-order valence-corrected chi connectivity index (χ4v) is 3.26. The smallest absolute Gasteiger partial charge is 0.240 e. The van der Waals surface area contributed by atoms with Gasteiger partial charge in [0.2, 0.25) is 21.9 Å². The van der Waals surface area contributed by atoms with Crippen LogP contribution in [-0.2, 0) is 14.8 Å². The number of benzene rings is 1. The van der Waals surface area contributed by atoms with E-state index in [0.717, 1.165) is 6.26 Å². The number of primary amides is 1. The Morgan fingerprint density at radius 3 is 2.59 bits per heavy atom. The number of H-pyrrole nitrogens is 1. The van der Waals surface area contributed by atoms with E-state index >= 15 is 0 Å². The molecule has 0 bridgehead atoms. The number of carbonyl (C=O) groups excluding carboxylic acids is 1. The van der Waals surface area contributed by atoms with Crippen LogP contribution in [0.4, 0.5) is 23.1 Å². The van der Waals surface area contributed by atoms with Gasteiger partial charge in [-0.2, -0.15) is 9.97 Å². The van der Waals surface area contributed by atoms with Crippen LogP contribution in [0.15, 0.2) is 30.6 Å². The molecule has 0 radical (unpaired) electrons. The number of nitrogens with one attached hydrogen (secondary N) is 4. The van der Waals surface area contributed by atoms with Crippen LogP contribution < -0.4 is 21.1 Å². The number of nitrogens with zero attached hydrogens (tertiary/aromatic N) is 3. The molecule has 0 unspecified atom stereocenters. The molecule has 0 saturated carbocycles. The summed E-state index contributed by atoms with van der Waals surface area (Å²) in [5.41, 5.74) is 7.38. The lowest BCUT2D eigenvalue weighted by molar-refractivity contribution is -0.119. The van der Waals surface area contributed by atoms with Crippen LogP contribution >= 0.6 is 0 Å². The second-order valence-electron chi connectivity index (χ2n) is 6.84. The molecule has 29 heavy (non-hydrogen) atoms. The van der Waals surface area contributed by atoms with E-state index in [0.29, 0.717) is 28.4 Å². The third-order valence-corrected chi connectivity index (χ3v) is 4.57. The van der Waals surface area contributed by atoms with Crippen molar-refractivity contribution in [3.63, 3.8) is 0 Å². The maximum atomic E-state index is 11.8. The maximum Gasteiger partial charge on any atom is 0.240 e. The molecule has 2 heterocycles. The zero-order chi connectivity index (χ0) is 21.2. The second kappa shape index (κ2) is 7.91. The van der Waals surface area contributed by atoms with E-state index in [4.69, 9.17) is 5.73 Å². The predicted molar refractivity (Wildman–Crippen MR) is 111 cm³/mol. The minimum absolute atomic E-state index is 0.0633. The van der Waals surface area contributed by atoms with Gasteiger partial charge in [0.05, 0.1) is 18.3 Å². The molecule has 6 N–H and O–H groups in total. The van der Waals surface area contributed by atoms with Crippen LogP contribution in [0.2, 0.25) is 0 Å². The molecule has 0 fully saturated rings. The lowest BCUT2D eigenvalue weighted by Crippen LogP contribution is -2.39. The molecule has 1 aromatic carbocycles.